The predicted molar refractivity (Wildman–Crippen MR) is 58.4 cm³/mol. The Morgan fingerprint density at radius 1 is 1.50 bits per heavy atom. The van der Waals surface area contributed by atoms with Gasteiger partial charge in [0.15, 0.2) is 0 Å². The van der Waals surface area contributed by atoms with Crippen molar-refractivity contribution in [3.63, 3.8) is 0 Å². The predicted octanol–water partition coefficient (Wildman–Crippen LogP) is 2.41. The summed E-state index contributed by atoms with van der Waals surface area (Å²) in [7, 11) is 1.98. The van der Waals surface area contributed by atoms with E-state index in [1.807, 2.05) is 30.4 Å². The van der Waals surface area contributed by atoms with Crippen LogP contribution < -0.4 is 0 Å². The van der Waals surface area contributed by atoms with E-state index in [1.54, 1.807) is 11.3 Å². The molecular formula is C10H13N3S. The zero-order valence-corrected chi connectivity index (χ0v) is 9.43. The Hall–Kier alpha value is -1.16. The van der Waals surface area contributed by atoms with E-state index in [2.05, 4.69) is 17.0 Å². The molecule has 0 aromatic carbocycles. The molecule has 0 atom stereocenters. The molecule has 14 heavy (non-hydrogen) atoms. The van der Waals surface area contributed by atoms with E-state index in [1.165, 1.54) is 16.1 Å². The maximum Gasteiger partial charge on any atom is 0.0829 e. The fourth-order valence-corrected chi connectivity index (χ4v) is 2.48. The molecule has 2 aromatic heterocycles. The first-order valence-corrected chi connectivity index (χ1v) is 5.53. The lowest BCUT2D eigenvalue weighted by Crippen LogP contribution is -1.95. The van der Waals surface area contributed by atoms with Gasteiger partial charge in [0.05, 0.1) is 28.0 Å². The van der Waals surface area contributed by atoms with E-state index < -0.39 is 0 Å². The van der Waals surface area contributed by atoms with Gasteiger partial charge in [0.25, 0.3) is 0 Å². The molecule has 0 spiro atoms. The minimum absolute atomic E-state index is 1.01. The number of aryl methyl sites for hydroxylation is 3. The molecule has 0 unspecified atom stereocenters. The third-order valence-corrected chi connectivity index (χ3v) is 3.29. The molecule has 3 nitrogen and oxygen atoms in total. The molecule has 0 radical (unpaired) electrons. The van der Waals surface area contributed by atoms with Gasteiger partial charge in [0.2, 0.25) is 0 Å². The van der Waals surface area contributed by atoms with Crippen LogP contribution in [0.5, 0.6) is 0 Å². The van der Waals surface area contributed by atoms with Crippen LogP contribution in [0.25, 0.3) is 10.6 Å². The van der Waals surface area contributed by atoms with E-state index in [0.29, 0.717) is 0 Å². The largest absolute Gasteiger partial charge is 0.267 e. The molecule has 2 aromatic rings. The number of nitrogens with zero attached hydrogens (tertiary/aromatic N) is 3. The highest BCUT2D eigenvalue weighted by Crippen LogP contribution is 2.29. The fourth-order valence-electron chi connectivity index (χ4n) is 1.56. The minimum Gasteiger partial charge on any atom is -0.267 e. The van der Waals surface area contributed by atoms with E-state index in [4.69, 9.17) is 0 Å². The molecule has 0 amide bonds. The Labute approximate surface area is 87.4 Å². The van der Waals surface area contributed by atoms with Crippen LogP contribution in [0.3, 0.4) is 0 Å². The van der Waals surface area contributed by atoms with Crippen LogP contribution >= 0.6 is 11.3 Å². The van der Waals surface area contributed by atoms with Crippen LogP contribution in [0, 0.1) is 6.92 Å². The third kappa shape index (κ3) is 1.35. The summed E-state index contributed by atoms with van der Waals surface area (Å²) in [5.41, 5.74) is 5.48. The van der Waals surface area contributed by atoms with Crippen molar-refractivity contribution in [2.75, 3.05) is 0 Å². The molecule has 0 N–H and O–H groups in total. The number of rotatable bonds is 2. The lowest BCUT2D eigenvalue weighted by Gasteiger charge is -2.02. The SMILES string of the molecule is CCc1cnn(C)c1-c1scnc1C. The molecule has 2 heterocycles. The van der Waals surface area contributed by atoms with Crippen LogP contribution in [0.2, 0.25) is 0 Å². The lowest BCUT2D eigenvalue weighted by atomic mass is 10.1. The van der Waals surface area contributed by atoms with Crippen molar-refractivity contribution >= 4 is 11.3 Å². The van der Waals surface area contributed by atoms with E-state index in [9.17, 15) is 0 Å². The van der Waals surface area contributed by atoms with Gasteiger partial charge in [0, 0.05) is 7.05 Å². The molecule has 0 saturated carbocycles. The molecule has 0 aliphatic carbocycles. The molecule has 74 valence electrons. The van der Waals surface area contributed by atoms with Gasteiger partial charge < -0.3 is 0 Å². The van der Waals surface area contributed by atoms with Crippen molar-refractivity contribution in [1.29, 1.82) is 0 Å². The second kappa shape index (κ2) is 3.53. The Morgan fingerprint density at radius 2 is 2.29 bits per heavy atom. The molecule has 2 rings (SSSR count). The monoisotopic (exact) mass is 207 g/mol. The van der Waals surface area contributed by atoms with Gasteiger partial charge in [-0.2, -0.15) is 5.10 Å². The van der Waals surface area contributed by atoms with Gasteiger partial charge in [-0.3, -0.25) is 4.68 Å². The van der Waals surface area contributed by atoms with Crippen molar-refractivity contribution in [3.05, 3.63) is 23.0 Å². The van der Waals surface area contributed by atoms with Gasteiger partial charge in [-0.1, -0.05) is 6.92 Å². The topological polar surface area (TPSA) is 30.7 Å². The first-order chi connectivity index (χ1) is 6.74. The first kappa shape index (κ1) is 9.40. The summed E-state index contributed by atoms with van der Waals surface area (Å²) < 4.78 is 1.93. The zero-order chi connectivity index (χ0) is 10.1. The second-order valence-electron chi connectivity index (χ2n) is 3.26. The normalized spacial score (nSPS) is 10.8. The van der Waals surface area contributed by atoms with Crippen LogP contribution in [-0.2, 0) is 13.5 Å². The Bertz CT molecular complexity index is 442. The van der Waals surface area contributed by atoms with Crippen molar-refractivity contribution in [2.45, 2.75) is 20.3 Å². The van der Waals surface area contributed by atoms with Crippen LogP contribution in [0.15, 0.2) is 11.7 Å². The first-order valence-electron chi connectivity index (χ1n) is 4.65. The number of hydrogen-bond donors (Lipinski definition) is 0. The maximum absolute atomic E-state index is 4.28. The molecule has 0 bridgehead atoms. The number of thiazole rings is 1. The lowest BCUT2D eigenvalue weighted by molar-refractivity contribution is 0.776. The molecular weight excluding hydrogens is 194 g/mol. The highest BCUT2D eigenvalue weighted by atomic mass is 32.1. The fraction of sp³-hybridized carbons (Fsp3) is 0.400. The van der Waals surface area contributed by atoms with Crippen LogP contribution in [0.1, 0.15) is 18.2 Å². The summed E-state index contributed by atoms with van der Waals surface area (Å²) in [6.45, 7) is 4.19. The summed E-state index contributed by atoms with van der Waals surface area (Å²) in [4.78, 5) is 5.50. The van der Waals surface area contributed by atoms with Crippen LogP contribution in [-0.4, -0.2) is 14.8 Å². The molecule has 0 saturated heterocycles. The highest BCUT2D eigenvalue weighted by Gasteiger charge is 2.13. The summed E-state index contributed by atoms with van der Waals surface area (Å²) in [6, 6.07) is 0. The van der Waals surface area contributed by atoms with Crippen molar-refractivity contribution < 1.29 is 0 Å². The summed E-state index contributed by atoms with van der Waals surface area (Å²) in [5.74, 6) is 0. The highest BCUT2D eigenvalue weighted by molar-refractivity contribution is 7.13. The maximum atomic E-state index is 4.28. The van der Waals surface area contributed by atoms with Crippen LogP contribution in [0.4, 0.5) is 0 Å². The summed E-state index contributed by atoms with van der Waals surface area (Å²) in [6.07, 6.45) is 2.95. The van der Waals surface area contributed by atoms with Crippen molar-refractivity contribution in [3.8, 4) is 10.6 Å². The Morgan fingerprint density at radius 3 is 2.86 bits per heavy atom. The standard InChI is InChI=1S/C10H13N3S/c1-4-8-5-12-13(3)9(8)10-7(2)11-6-14-10/h5-6H,4H2,1-3H3. The molecule has 0 aliphatic heterocycles. The number of aromatic nitrogens is 3. The molecule has 4 heteroatoms. The zero-order valence-electron chi connectivity index (χ0n) is 8.61. The second-order valence-corrected chi connectivity index (χ2v) is 4.12. The smallest absolute Gasteiger partial charge is 0.0829 e. The van der Waals surface area contributed by atoms with Gasteiger partial charge in [-0.05, 0) is 18.9 Å². The van der Waals surface area contributed by atoms with Gasteiger partial charge in [0.1, 0.15) is 0 Å². The Kier molecular flexibility index (Phi) is 2.37. The van der Waals surface area contributed by atoms with E-state index in [-0.39, 0.29) is 0 Å². The van der Waals surface area contributed by atoms with Gasteiger partial charge in [-0.25, -0.2) is 4.98 Å². The Balaban J connectivity index is 2.60. The average Bonchev–Trinajstić information content (AvgIpc) is 2.72. The van der Waals surface area contributed by atoms with Gasteiger partial charge >= 0.3 is 0 Å². The minimum atomic E-state index is 1.01. The summed E-state index contributed by atoms with van der Waals surface area (Å²) >= 11 is 1.68. The van der Waals surface area contributed by atoms with Gasteiger partial charge in [-0.15, -0.1) is 11.3 Å². The number of hydrogen-bond acceptors (Lipinski definition) is 3. The van der Waals surface area contributed by atoms with Crippen molar-refractivity contribution in [1.82, 2.24) is 14.8 Å². The summed E-state index contributed by atoms with van der Waals surface area (Å²) in [5, 5.41) is 4.28. The quantitative estimate of drug-likeness (QED) is 0.757. The van der Waals surface area contributed by atoms with E-state index >= 15 is 0 Å². The average molecular weight is 207 g/mol. The van der Waals surface area contributed by atoms with E-state index in [0.717, 1.165) is 12.1 Å². The molecule has 0 aliphatic rings. The third-order valence-electron chi connectivity index (χ3n) is 2.36. The van der Waals surface area contributed by atoms with Crippen molar-refractivity contribution in [2.24, 2.45) is 7.05 Å². The molecule has 0 fully saturated rings.